The Hall–Kier alpha value is -2.10. The van der Waals surface area contributed by atoms with Crippen LogP contribution in [0.5, 0.6) is 0 Å². The highest BCUT2D eigenvalue weighted by molar-refractivity contribution is 5.91. The van der Waals surface area contributed by atoms with Crippen LogP contribution in [0.25, 0.3) is 0 Å². The zero-order valence-electron chi connectivity index (χ0n) is 9.88. The lowest BCUT2D eigenvalue weighted by Gasteiger charge is -2.15. The fourth-order valence-electron chi connectivity index (χ4n) is 1.59. The predicted octanol–water partition coefficient (Wildman–Crippen LogP) is 2.26. The van der Waals surface area contributed by atoms with E-state index in [0.29, 0.717) is 12.3 Å². The molecule has 0 spiro atoms. The lowest BCUT2D eigenvalue weighted by Crippen LogP contribution is -2.26. The highest BCUT2D eigenvalue weighted by Crippen LogP contribution is 2.07. The third-order valence-corrected chi connectivity index (χ3v) is 2.42. The Bertz CT molecular complexity index is 506. The molecule has 0 bridgehead atoms. The third-order valence-electron chi connectivity index (χ3n) is 2.42. The second-order valence-corrected chi connectivity index (χ2v) is 3.91. The van der Waals surface area contributed by atoms with Crippen molar-refractivity contribution in [3.63, 3.8) is 0 Å². The molecule has 0 radical (unpaired) electrons. The average Bonchev–Trinajstić information content (AvgIpc) is 2.81. The van der Waals surface area contributed by atoms with Gasteiger partial charge in [0.2, 0.25) is 0 Å². The Morgan fingerprint density at radius 1 is 1.35 bits per heavy atom. The summed E-state index contributed by atoms with van der Waals surface area (Å²) >= 11 is 0. The Balaban J connectivity index is 2.07. The zero-order valence-corrected chi connectivity index (χ0v) is 9.88. The van der Waals surface area contributed by atoms with E-state index in [2.05, 4.69) is 4.98 Å². The van der Waals surface area contributed by atoms with Crippen LogP contribution in [0.3, 0.4) is 0 Å². The second kappa shape index (κ2) is 4.82. The maximum atomic E-state index is 11.9. The summed E-state index contributed by atoms with van der Waals surface area (Å²) in [5.41, 5.74) is 1.81. The highest BCUT2D eigenvalue weighted by Gasteiger charge is 2.14. The molecule has 0 aromatic carbocycles. The molecular formula is C13H14N2O2. The van der Waals surface area contributed by atoms with E-state index in [4.69, 9.17) is 4.42 Å². The summed E-state index contributed by atoms with van der Waals surface area (Å²) in [5.74, 6) is 0.207. The van der Waals surface area contributed by atoms with Crippen LogP contribution < -0.4 is 0 Å². The standard InChI is InChI=1S/C13H14N2O2/c1-10-5-3-6-11(14-10)9-15(2)13(16)12-7-4-8-17-12/h3-8H,9H2,1-2H3. The van der Waals surface area contributed by atoms with Crippen molar-refractivity contribution in [2.24, 2.45) is 0 Å². The topological polar surface area (TPSA) is 46.3 Å². The average molecular weight is 230 g/mol. The summed E-state index contributed by atoms with van der Waals surface area (Å²) in [4.78, 5) is 17.8. The van der Waals surface area contributed by atoms with E-state index in [-0.39, 0.29) is 5.91 Å². The normalized spacial score (nSPS) is 10.2. The lowest BCUT2D eigenvalue weighted by atomic mass is 10.3. The minimum atomic E-state index is -0.140. The van der Waals surface area contributed by atoms with E-state index in [0.717, 1.165) is 11.4 Å². The molecule has 17 heavy (non-hydrogen) atoms. The van der Waals surface area contributed by atoms with Gasteiger partial charge in [-0.1, -0.05) is 6.07 Å². The molecule has 4 nitrogen and oxygen atoms in total. The number of carbonyl (C=O) groups is 1. The first kappa shape index (κ1) is 11.4. The van der Waals surface area contributed by atoms with Crippen molar-refractivity contribution in [1.82, 2.24) is 9.88 Å². The number of aromatic nitrogens is 1. The van der Waals surface area contributed by atoms with E-state index in [1.54, 1.807) is 24.1 Å². The Morgan fingerprint density at radius 3 is 2.82 bits per heavy atom. The van der Waals surface area contributed by atoms with Crippen LogP contribution in [-0.4, -0.2) is 22.8 Å². The van der Waals surface area contributed by atoms with E-state index in [9.17, 15) is 4.79 Å². The molecule has 0 aliphatic carbocycles. The fourth-order valence-corrected chi connectivity index (χ4v) is 1.59. The molecule has 2 aromatic heterocycles. The molecule has 2 aromatic rings. The molecular weight excluding hydrogens is 216 g/mol. The van der Waals surface area contributed by atoms with E-state index in [1.807, 2.05) is 25.1 Å². The van der Waals surface area contributed by atoms with Crippen LogP contribution in [0.1, 0.15) is 21.9 Å². The highest BCUT2D eigenvalue weighted by atomic mass is 16.3. The molecule has 88 valence electrons. The van der Waals surface area contributed by atoms with Gasteiger partial charge in [0.1, 0.15) is 0 Å². The quantitative estimate of drug-likeness (QED) is 0.812. The molecule has 2 rings (SSSR count). The number of rotatable bonds is 3. The van der Waals surface area contributed by atoms with E-state index < -0.39 is 0 Å². The Kier molecular flexibility index (Phi) is 3.23. The molecule has 0 N–H and O–H groups in total. The fraction of sp³-hybridized carbons (Fsp3) is 0.231. The van der Waals surface area contributed by atoms with Gasteiger partial charge in [0.25, 0.3) is 5.91 Å². The van der Waals surface area contributed by atoms with Crippen LogP contribution in [-0.2, 0) is 6.54 Å². The maximum Gasteiger partial charge on any atom is 0.289 e. The van der Waals surface area contributed by atoms with Crippen LogP contribution >= 0.6 is 0 Å². The van der Waals surface area contributed by atoms with Gasteiger partial charge in [0, 0.05) is 12.7 Å². The summed E-state index contributed by atoms with van der Waals surface area (Å²) in [5, 5.41) is 0. The molecule has 0 unspecified atom stereocenters. The first-order chi connectivity index (χ1) is 8.16. The number of amides is 1. The van der Waals surface area contributed by atoms with Crippen LogP contribution in [0.15, 0.2) is 41.0 Å². The first-order valence-electron chi connectivity index (χ1n) is 5.38. The van der Waals surface area contributed by atoms with Crippen molar-refractivity contribution >= 4 is 5.91 Å². The van der Waals surface area contributed by atoms with Gasteiger partial charge in [-0.3, -0.25) is 9.78 Å². The minimum Gasteiger partial charge on any atom is -0.459 e. The minimum absolute atomic E-state index is 0.140. The Labute approximate surface area is 99.9 Å². The lowest BCUT2D eigenvalue weighted by molar-refractivity contribution is 0.0751. The van der Waals surface area contributed by atoms with Crippen LogP contribution in [0, 0.1) is 6.92 Å². The number of carbonyl (C=O) groups excluding carboxylic acids is 1. The third kappa shape index (κ3) is 2.72. The SMILES string of the molecule is Cc1cccc(CN(C)C(=O)c2ccco2)n1. The first-order valence-corrected chi connectivity index (χ1v) is 5.38. The van der Waals surface area contributed by atoms with E-state index in [1.165, 1.54) is 6.26 Å². The summed E-state index contributed by atoms with van der Waals surface area (Å²) < 4.78 is 5.07. The van der Waals surface area contributed by atoms with Crippen molar-refractivity contribution in [3.05, 3.63) is 53.7 Å². The molecule has 0 saturated heterocycles. The Morgan fingerprint density at radius 2 is 2.18 bits per heavy atom. The molecule has 2 heterocycles. The van der Waals surface area contributed by atoms with Crippen molar-refractivity contribution in [2.75, 3.05) is 7.05 Å². The number of furan rings is 1. The molecule has 0 fully saturated rings. The molecule has 0 aliphatic rings. The molecule has 1 amide bonds. The molecule has 0 atom stereocenters. The van der Waals surface area contributed by atoms with Gasteiger partial charge < -0.3 is 9.32 Å². The summed E-state index contributed by atoms with van der Waals surface area (Å²) in [6, 6.07) is 9.12. The number of aryl methyl sites for hydroxylation is 1. The summed E-state index contributed by atoms with van der Waals surface area (Å²) in [7, 11) is 1.73. The van der Waals surface area contributed by atoms with Crippen molar-refractivity contribution < 1.29 is 9.21 Å². The van der Waals surface area contributed by atoms with Gasteiger partial charge >= 0.3 is 0 Å². The van der Waals surface area contributed by atoms with E-state index >= 15 is 0 Å². The van der Waals surface area contributed by atoms with Crippen molar-refractivity contribution in [1.29, 1.82) is 0 Å². The van der Waals surface area contributed by atoms with Gasteiger partial charge in [-0.2, -0.15) is 0 Å². The predicted molar refractivity (Wildman–Crippen MR) is 63.5 cm³/mol. The number of hydrogen-bond acceptors (Lipinski definition) is 3. The van der Waals surface area contributed by atoms with Gasteiger partial charge in [0.15, 0.2) is 5.76 Å². The van der Waals surface area contributed by atoms with Gasteiger partial charge in [-0.25, -0.2) is 0 Å². The van der Waals surface area contributed by atoms with Crippen molar-refractivity contribution in [2.45, 2.75) is 13.5 Å². The summed E-state index contributed by atoms with van der Waals surface area (Å²) in [6.45, 7) is 2.40. The van der Waals surface area contributed by atoms with Crippen LogP contribution in [0.4, 0.5) is 0 Å². The van der Waals surface area contributed by atoms with Crippen molar-refractivity contribution in [3.8, 4) is 0 Å². The monoisotopic (exact) mass is 230 g/mol. The number of hydrogen-bond donors (Lipinski definition) is 0. The number of nitrogens with zero attached hydrogens (tertiary/aromatic N) is 2. The summed E-state index contributed by atoms with van der Waals surface area (Å²) in [6.07, 6.45) is 1.49. The van der Waals surface area contributed by atoms with Crippen LogP contribution in [0.2, 0.25) is 0 Å². The van der Waals surface area contributed by atoms with Gasteiger partial charge in [-0.15, -0.1) is 0 Å². The van der Waals surface area contributed by atoms with Gasteiger partial charge in [0.05, 0.1) is 18.5 Å². The molecule has 0 aliphatic heterocycles. The van der Waals surface area contributed by atoms with Gasteiger partial charge in [-0.05, 0) is 31.2 Å². The second-order valence-electron chi connectivity index (χ2n) is 3.91. The smallest absolute Gasteiger partial charge is 0.289 e. The zero-order chi connectivity index (χ0) is 12.3. The largest absolute Gasteiger partial charge is 0.459 e. The maximum absolute atomic E-state index is 11.9. The molecule has 0 saturated carbocycles. The number of pyridine rings is 1. The molecule has 4 heteroatoms.